The van der Waals surface area contributed by atoms with Gasteiger partial charge in [-0.2, -0.15) is 0 Å². The number of halogens is 1. The van der Waals surface area contributed by atoms with Crippen LogP contribution in [0.4, 0.5) is 4.39 Å². The van der Waals surface area contributed by atoms with Crippen molar-refractivity contribution < 1.29 is 19.0 Å². The van der Waals surface area contributed by atoms with Gasteiger partial charge < -0.3 is 14.6 Å². The van der Waals surface area contributed by atoms with Crippen LogP contribution < -0.4 is 0 Å². The van der Waals surface area contributed by atoms with Crippen molar-refractivity contribution in [1.29, 1.82) is 0 Å². The molecule has 0 aromatic heterocycles. The highest BCUT2D eigenvalue weighted by Crippen LogP contribution is 2.18. The molecule has 0 saturated heterocycles. The Morgan fingerprint density at radius 1 is 1.14 bits per heavy atom. The molecule has 1 aromatic rings. The monoisotopic (exact) mass is 299 g/mol. The van der Waals surface area contributed by atoms with E-state index >= 15 is 0 Å². The lowest BCUT2D eigenvalue weighted by Crippen LogP contribution is -2.39. The molecule has 0 heterocycles. The molecule has 5 heteroatoms. The number of methoxy groups -OCH3 is 2. The molecule has 0 saturated carbocycles. The minimum Gasteiger partial charge on any atom is -0.388 e. The van der Waals surface area contributed by atoms with Crippen LogP contribution in [0.5, 0.6) is 0 Å². The highest BCUT2D eigenvalue weighted by atomic mass is 19.1. The van der Waals surface area contributed by atoms with Crippen LogP contribution in [0.25, 0.3) is 0 Å². The van der Waals surface area contributed by atoms with E-state index in [4.69, 9.17) is 9.47 Å². The third-order valence-electron chi connectivity index (χ3n) is 3.56. The highest BCUT2D eigenvalue weighted by molar-refractivity contribution is 5.18. The number of benzene rings is 1. The molecule has 0 amide bonds. The molecule has 1 rings (SSSR count). The van der Waals surface area contributed by atoms with Crippen LogP contribution in [0.3, 0.4) is 0 Å². The van der Waals surface area contributed by atoms with E-state index in [0.29, 0.717) is 19.6 Å². The van der Waals surface area contributed by atoms with E-state index in [1.54, 1.807) is 26.4 Å². The molecule has 21 heavy (non-hydrogen) atoms. The van der Waals surface area contributed by atoms with Gasteiger partial charge in [-0.15, -0.1) is 0 Å². The summed E-state index contributed by atoms with van der Waals surface area (Å²) < 4.78 is 23.2. The van der Waals surface area contributed by atoms with Crippen LogP contribution in [0, 0.1) is 5.82 Å². The maximum Gasteiger partial charge on any atom is 0.123 e. The first-order valence-corrected chi connectivity index (χ1v) is 7.24. The minimum absolute atomic E-state index is 0.255. The van der Waals surface area contributed by atoms with E-state index in [1.165, 1.54) is 12.1 Å². The molecule has 0 aliphatic heterocycles. The van der Waals surface area contributed by atoms with Gasteiger partial charge in [-0.1, -0.05) is 12.1 Å². The number of hydrogen-bond donors (Lipinski definition) is 1. The highest BCUT2D eigenvalue weighted by Gasteiger charge is 2.16. The topological polar surface area (TPSA) is 41.9 Å². The average Bonchev–Trinajstić information content (AvgIpc) is 2.48. The summed E-state index contributed by atoms with van der Waals surface area (Å²) in [5.41, 5.74) is 0.738. The first-order chi connectivity index (χ1) is 10.1. The first-order valence-electron chi connectivity index (χ1n) is 7.24. The van der Waals surface area contributed by atoms with Crippen molar-refractivity contribution in [2.75, 3.05) is 40.5 Å². The molecule has 0 bridgehead atoms. The van der Waals surface area contributed by atoms with Gasteiger partial charge in [0, 0.05) is 33.4 Å². The fourth-order valence-corrected chi connectivity index (χ4v) is 2.25. The second-order valence-electron chi connectivity index (χ2n) is 5.19. The molecule has 0 fully saturated rings. The van der Waals surface area contributed by atoms with Gasteiger partial charge in [0.2, 0.25) is 0 Å². The Kier molecular flexibility index (Phi) is 8.45. The average molecular weight is 299 g/mol. The van der Waals surface area contributed by atoms with E-state index in [2.05, 4.69) is 11.8 Å². The lowest BCUT2D eigenvalue weighted by Gasteiger charge is -2.29. The largest absolute Gasteiger partial charge is 0.388 e. The van der Waals surface area contributed by atoms with Gasteiger partial charge in [0.15, 0.2) is 0 Å². The molecule has 2 unspecified atom stereocenters. The van der Waals surface area contributed by atoms with Gasteiger partial charge in [0.05, 0.1) is 19.3 Å². The second kappa shape index (κ2) is 9.84. The third kappa shape index (κ3) is 6.52. The summed E-state index contributed by atoms with van der Waals surface area (Å²) in [6.07, 6.45) is -0.00552. The molecule has 1 aromatic carbocycles. The number of nitrogens with zero attached hydrogens (tertiary/aromatic N) is 1. The van der Waals surface area contributed by atoms with Crippen molar-refractivity contribution in [2.24, 2.45) is 0 Å². The van der Waals surface area contributed by atoms with E-state index in [-0.39, 0.29) is 11.9 Å². The Morgan fingerprint density at radius 3 is 2.38 bits per heavy atom. The molecule has 0 aliphatic carbocycles. The van der Waals surface area contributed by atoms with E-state index in [1.807, 2.05) is 0 Å². The number of aliphatic hydroxyl groups excluding tert-OH is 1. The van der Waals surface area contributed by atoms with Crippen LogP contribution in [-0.2, 0) is 9.47 Å². The molecular formula is C16H26FNO3. The molecule has 2 atom stereocenters. The smallest absolute Gasteiger partial charge is 0.123 e. The quantitative estimate of drug-likeness (QED) is 0.719. The Balaban J connectivity index is 2.52. The molecule has 120 valence electrons. The summed E-state index contributed by atoms with van der Waals surface area (Å²) in [5, 5.41) is 10.2. The third-order valence-corrected chi connectivity index (χ3v) is 3.56. The van der Waals surface area contributed by atoms with Crippen molar-refractivity contribution in [3.8, 4) is 0 Å². The van der Waals surface area contributed by atoms with Crippen LogP contribution in [0.1, 0.15) is 25.0 Å². The molecule has 0 spiro atoms. The Bertz CT molecular complexity index is 386. The maximum atomic E-state index is 12.9. The van der Waals surface area contributed by atoms with Crippen molar-refractivity contribution >= 4 is 0 Å². The SMILES string of the molecule is COCCN(CCC(O)c1ccc(F)cc1)C(C)COC. The zero-order chi connectivity index (χ0) is 15.7. The Labute approximate surface area is 126 Å². The van der Waals surface area contributed by atoms with Crippen LogP contribution >= 0.6 is 0 Å². The lowest BCUT2D eigenvalue weighted by molar-refractivity contribution is 0.0612. The van der Waals surface area contributed by atoms with Crippen LogP contribution in [0.15, 0.2) is 24.3 Å². The van der Waals surface area contributed by atoms with Crippen LogP contribution in [0.2, 0.25) is 0 Å². The van der Waals surface area contributed by atoms with E-state index in [0.717, 1.165) is 18.7 Å². The summed E-state index contributed by atoms with van der Waals surface area (Å²) in [6, 6.07) is 6.24. The summed E-state index contributed by atoms with van der Waals surface area (Å²) in [7, 11) is 3.35. The molecular weight excluding hydrogens is 273 g/mol. The summed E-state index contributed by atoms with van der Waals surface area (Å²) in [6.45, 7) is 4.88. The normalized spacial score (nSPS) is 14.4. The van der Waals surface area contributed by atoms with E-state index < -0.39 is 6.10 Å². The fraction of sp³-hybridized carbons (Fsp3) is 0.625. The number of rotatable bonds is 10. The van der Waals surface area contributed by atoms with Crippen molar-refractivity contribution in [3.63, 3.8) is 0 Å². The number of aliphatic hydroxyl groups is 1. The minimum atomic E-state index is -0.592. The van der Waals surface area contributed by atoms with Gasteiger partial charge in [0.25, 0.3) is 0 Å². The van der Waals surface area contributed by atoms with Crippen molar-refractivity contribution in [3.05, 3.63) is 35.6 Å². The lowest BCUT2D eigenvalue weighted by atomic mass is 10.1. The Morgan fingerprint density at radius 2 is 1.81 bits per heavy atom. The summed E-state index contributed by atoms with van der Waals surface area (Å²) in [5.74, 6) is -0.290. The van der Waals surface area contributed by atoms with Crippen molar-refractivity contribution in [1.82, 2.24) is 4.90 Å². The maximum absolute atomic E-state index is 12.9. The van der Waals surface area contributed by atoms with Gasteiger partial charge in [-0.25, -0.2) is 4.39 Å². The molecule has 0 aliphatic rings. The molecule has 4 nitrogen and oxygen atoms in total. The summed E-state index contributed by atoms with van der Waals surface area (Å²) in [4.78, 5) is 2.22. The standard InChI is InChI=1S/C16H26FNO3/c1-13(12-21-3)18(10-11-20-2)9-8-16(19)14-4-6-15(17)7-5-14/h4-7,13,16,19H,8-12H2,1-3H3. The second-order valence-corrected chi connectivity index (χ2v) is 5.19. The van der Waals surface area contributed by atoms with Gasteiger partial charge in [-0.05, 0) is 31.0 Å². The molecule has 1 N–H and O–H groups in total. The van der Waals surface area contributed by atoms with E-state index in [9.17, 15) is 9.50 Å². The van der Waals surface area contributed by atoms with Gasteiger partial charge in [-0.3, -0.25) is 4.90 Å². The van der Waals surface area contributed by atoms with Gasteiger partial charge in [0.1, 0.15) is 5.82 Å². The first kappa shape index (κ1) is 18.0. The zero-order valence-corrected chi connectivity index (χ0v) is 13.1. The number of ether oxygens (including phenoxy) is 2. The Hall–Kier alpha value is -1.01. The number of hydrogen-bond acceptors (Lipinski definition) is 4. The predicted octanol–water partition coefficient (Wildman–Crippen LogP) is 2.23. The van der Waals surface area contributed by atoms with Crippen molar-refractivity contribution in [2.45, 2.75) is 25.5 Å². The zero-order valence-electron chi connectivity index (χ0n) is 13.1. The molecule has 0 radical (unpaired) electrons. The fourth-order valence-electron chi connectivity index (χ4n) is 2.25. The van der Waals surface area contributed by atoms with Crippen LogP contribution in [-0.4, -0.2) is 56.6 Å². The summed E-state index contributed by atoms with van der Waals surface area (Å²) >= 11 is 0. The predicted molar refractivity (Wildman–Crippen MR) is 80.8 cm³/mol. The van der Waals surface area contributed by atoms with Gasteiger partial charge >= 0.3 is 0 Å².